The number of benzene rings is 2. The van der Waals surface area contributed by atoms with Gasteiger partial charge in [-0.25, -0.2) is 0 Å². The van der Waals surface area contributed by atoms with Crippen molar-refractivity contribution in [3.63, 3.8) is 0 Å². The predicted molar refractivity (Wildman–Crippen MR) is 114 cm³/mol. The van der Waals surface area contributed by atoms with Crippen LogP contribution >= 0.6 is 11.8 Å². The van der Waals surface area contributed by atoms with Crippen molar-refractivity contribution < 1.29 is 14.5 Å². The average molecular weight is 427 g/mol. The van der Waals surface area contributed by atoms with Gasteiger partial charge in [-0.3, -0.25) is 14.9 Å². The van der Waals surface area contributed by atoms with Crippen LogP contribution in [0.1, 0.15) is 17.0 Å². The maximum absolute atomic E-state index is 12.3. The van der Waals surface area contributed by atoms with E-state index in [1.165, 1.54) is 30.0 Å². The number of carbonyl (C=O) groups excluding carboxylic acids is 1. The Morgan fingerprint density at radius 3 is 2.67 bits per heavy atom. The predicted octanol–water partition coefficient (Wildman–Crippen LogP) is 3.65. The monoisotopic (exact) mass is 427 g/mol. The lowest BCUT2D eigenvalue weighted by molar-refractivity contribution is -0.384. The lowest BCUT2D eigenvalue weighted by Gasteiger charge is -2.09. The summed E-state index contributed by atoms with van der Waals surface area (Å²) in [5.41, 5.74) is 2.18. The first-order chi connectivity index (χ1) is 14.3. The van der Waals surface area contributed by atoms with Crippen molar-refractivity contribution in [2.75, 3.05) is 11.1 Å². The SMILES string of the molecule is Cc1cc([N+](=O)[O-])ccc1NC(=O)CSc1nnc(COc2ccccc2C)n1C. The molecule has 1 aromatic heterocycles. The molecule has 3 aromatic rings. The summed E-state index contributed by atoms with van der Waals surface area (Å²) in [4.78, 5) is 22.6. The number of carbonyl (C=O) groups is 1. The van der Waals surface area contributed by atoms with Crippen molar-refractivity contribution in [2.24, 2.45) is 7.05 Å². The number of aromatic nitrogens is 3. The lowest BCUT2D eigenvalue weighted by Crippen LogP contribution is -2.15. The van der Waals surface area contributed by atoms with Crippen LogP contribution in [-0.4, -0.2) is 31.3 Å². The van der Waals surface area contributed by atoms with Gasteiger partial charge in [0, 0.05) is 24.9 Å². The van der Waals surface area contributed by atoms with Gasteiger partial charge in [-0.15, -0.1) is 10.2 Å². The average Bonchev–Trinajstić information content (AvgIpc) is 3.07. The van der Waals surface area contributed by atoms with Gasteiger partial charge >= 0.3 is 0 Å². The third kappa shape index (κ3) is 5.15. The van der Waals surface area contributed by atoms with Crippen LogP contribution in [0, 0.1) is 24.0 Å². The van der Waals surface area contributed by atoms with Crippen molar-refractivity contribution >= 4 is 29.0 Å². The summed E-state index contributed by atoms with van der Waals surface area (Å²) < 4.78 is 7.59. The third-order valence-electron chi connectivity index (χ3n) is 4.40. The first kappa shape index (κ1) is 21.3. The van der Waals surface area contributed by atoms with Gasteiger partial charge in [0.1, 0.15) is 12.4 Å². The maximum atomic E-state index is 12.3. The molecule has 30 heavy (non-hydrogen) atoms. The summed E-state index contributed by atoms with van der Waals surface area (Å²) in [6.45, 7) is 3.95. The van der Waals surface area contributed by atoms with Crippen LogP contribution in [0.4, 0.5) is 11.4 Å². The first-order valence-electron chi connectivity index (χ1n) is 9.09. The zero-order valence-electron chi connectivity index (χ0n) is 16.8. The van der Waals surface area contributed by atoms with Crippen molar-refractivity contribution in [2.45, 2.75) is 25.6 Å². The highest BCUT2D eigenvalue weighted by Gasteiger charge is 2.14. The lowest BCUT2D eigenvalue weighted by atomic mass is 10.2. The standard InChI is InChI=1S/C20H21N5O4S/c1-13-6-4-5-7-17(13)29-11-18-22-23-20(24(18)3)30-12-19(26)21-16-9-8-15(25(27)28)10-14(16)2/h4-10H,11-12H2,1-3H3,(H,21,26). The molecule has 0 fully saturated rings. The van der Waals surface area contributed by atoms with Crippen LogP contribution in [0.2, 0.25) is 0 Å². The summed E-state index contributed by atoms with van der Waals surface area (Å²) in [6.07, 6.45) is 0. The van der Waals surface area contributed by atoms with Gasteiger partial charge in [0.15, 0.2) is 11.0 Å². The Morgan fingerprint density at radius 1 is 1.20 bits per heavy atom. The molecule has 156 valence electrons. The minimum Gasteiger partial charge on any atom is -0.485 e. The van der Waals surface area contributed by atoms with Gasteiger partial charge in [0.05, 0.1) is 10.7 Å². The Bertz CT molecular complexity index is 1080. The van der Waals surface area contributed by atoms with Crippen LogP contribution in [-0.2, 0) is 18.4 Å². The fourth-order valence-electron chi connectivity index (χ4n) is 2.68. The number of nitrogens with zero attached hydrogens (tertiary/aromatic N) is 4. The second-order valence-corrected chi connectivity index (χ2v) is 7.55. The largest absolute Gasteiger partial charge is 0.485 e. The molecule has 2 aromatic carbocycles. The Balaban J connectivity index is 1.55. The van der Waals surface area contributed by atoms with Crippen molar-refractivity contribution in [1.29, 1.82) is 0 Å². The topological polar surface area (TPSA) is 112 Å². The van der Waals surface area contributed by atoms with Gasteiger partial charge < -0.3 is 14.6 Å². The van der Waals surface area contributed by atoms with E-state index in [-0.39, 0.29) is 24.0 Å². The van der Waals surface area contributed by atoms with E-state index in [0.29, 0.717) is 22.2 Å². The van der Waals surface area contributed by atoms with Crippen LogP contribution in [0.5, 0.6) is 5.75 Å². The highest BCUT2D eigenvalue weighted by Crippen LogP contribution is 2.23. The molecule has 0 saturated heterocycles. The smallest absolute Gasteiger partial charge is 0.269 e. The molecular formula is C20H21N5O4S. The molecule has 1 N–H and O–H groups in total. The molecule has 0 aliphatic heterocycles. The highest BCUT2D eigenvalue weighted by molar-refractivity contribution is 7.99. The minimum absolute atomic E-state index is 0.0144. The number of nitro groups is 1. The number of nitrogens with one attached hydrogen (secondary N) is 1. The molecule has 10 heteroatoms. The summed E-state index contributed by atoms with van der Waals surface area (Å²) >= 11 is 1.25. The summed E-state index contributed by atoms with van der Waals surface area (Å²) in [7, 11) is 1.82. The number of hydrogen-bond donors (Lipinski definition) is 1. The molecule has 0 bridgehead atoms. The Morgan fingerprint density at radius 2 is 1.97 bits per heavy atom. The van der Waals surface area contributed by atoms with Crippen molar-refractivity contribution in [1.82, 2.24) is 14.8 Å². The van der Waals surface area contributed by atoms with Gasteiger partial charge in [0.25, 0.3) is 5.69 Å². The Labute approximate surface area is 177 Å². The molecule has 0 saturated carbocycles. The number of amides is 1. The number of thioether (sulfide) groups is 1. The number of ether oxygens (including phenoxy) is 1. The Kier molecular flexibility index (Phi) is 6.68. The van der Waals surface area contributed by atoms with E-state index in [9.17, 15) is 14.9 Å². The zero-order valence-corrected chi connectivity index (χ0v) is 17.6. The molecule has 0 unspecified atom stereocenters. The number of para-hydroxylation sites is 1. The molecule has 0 atom stereocenters. The molecule has 0 radical (unpaired) electrons. The number of non-ortho nitro benzene ring substituents is 1. The highest BCUT2D eigenvalue weighted by atomic mass is 32.2. The van der Waals surface area contributed by atoms with Crippen LogP contribution in [0.15, 0.2) is 47.6 Å². The number of aryl methyl sites for hydroxylation is 2. The minimum atomic E-state index is -0.469. The fourth-order valence-corrected chi connectivity index (χ4v) is 3.41. The summed E-state index contributed by atoms with van der Waals surface area (Å²) in [5, 5.41) is 22.4. The maximum Gasteiger partial charge on any atom is 0.269 e. The van der Waals surface area contributed by atoms with Crippen molar-refractivity contribution in [3.05, 3.63) is 69.5 Å². The van der Waals surface area contributed by atoms with E-state index >= 15 is 0 Å². The molecule has 1 amide bonds. The Hall–Kier alpha value is -3.40. The van der Waals surface area contributed by atoms with E-state index in [1.807, 2.05) is 38.2 Å². The third-order valence-corrected chi connectivity index (χ3v) is 5.42. The van der Waals surface area contributed by atoms with E-state index < -0.39 is 4.92 Å². The second kappa shape index (κ2) is 9.40. The van der Waals surface area contributed by atoms with Gasteiger partial charge in [-0.2, -0.15) is 0 Å². The molecular weight excluding hydrogens is 406 g/mol. The van der Waals surface area contributed by atoms with Gasteiger partial charge in [-0.1, -0.05) is 30.0 Å². The number of hydrogen-bond acceptors (Lipinski definition) is 7. The zero-order chi connectivity index (χ0) is 21.7. The quantitative estimate of drug-likeness (QED) is 0.332. The summed E-state index contributed by atoms with van der Waals surface area (Å²) in [6, 6.07) is 12.0. The number of nitro benzene ring substituents is 1. The second-order valence-electron chi connectivity index (χ2n) is 6.61. The van der Waals surface area contributed by atoms with Crippen LogP contribution in [0.25, 0.3) is 0 Å². The van der Waals surface area contributed by atoms with Crippen LogP contribution in [0.3, 0.4) is 0 Å². The van der Waals surface area contributed by atoms with Crippen LogP contribution < -0.4 is 10.1 Å². The molecule has 3 rings (SSSR count). The normalized spacial score (nSPS) is 10.6. The molecule has 0 aliphatic rings. The number of anilines is 1. The van der Waals surface area contributed by atoms with E-state index in [0.717, 1.165) is 11.3 Å². The first-order valence-corrected chi connectivity index (χ1v) is 10.1. The van der Waals surface area contributed by atoms with Crippen molar-refractivity contribution in [3.8, 4) is 5.75 Å². The molecule has 0 aliphatic carbocycles. The molecule has 9 nitrogen and oxygen atoms in total. The van der Waals surface area contributed by atoms with E-state index in [2.05, 4.69) is 15.5 Å². The summed E-state index contributed by atoms with van der Waals surface area (Å²) in [5.74, 6) is 1.32. The fraction of sp³-hybridized carbons (Fsp3) is 0.250. The number of rotatable bonds is 8. The molecule has 1 heterocycles. The van der Waals surface area contributed by atoms with E-state index in [4.69, 9.17) is 4.74 Å². The van der Waals surface area contributed by atoms with Gasteiger partial charge in [-0.05, 0) is 37.1 Å². The van der Waals surface area contributed by atoms with Gasteiger partial charge in [0.2, 0.25) is 5.91 Å². The van der Waals surface area contributed by atoms with E-state index in [1.54, 1.807) is 11.5 Å². The molecule has 0 spiro atoms.